The summed E-state index contributed by atoms with van der Waals surface area (Å²) in [5.74, 6) is 0.710. The molecule has 0 spiro atoms. The Morgan fingerprint density at radius 1 is 1.44 bits per heavy atom. The zero-order valence-corrected chi connectivity index (χ0v) is 10.7. The summed E-state index contributed by atoms with van der Waals surface area (Å²) in [6.07, 6.45) is 9.33. The van der Waals surface area contributed by atoms with E-state index < -0.39 is 0 Å². The highest BCUT2D eigenvalue weighted by molar-refractivity contribution is 5.96. The monoisotopic (exact) mass is 247 g/mol. The molecule has 98 valence electrons. The van der Waals surface area contributed by atoms with Gasteiger partial charge in [0.25, 0.3) is 5.91 Å². The fourth-order valence-corrected chi connectivity index (χ4v) is 2.58. The highest BCUT2D eigenvalue weighted by Gasteiger charge is 2.14. The number of nitrogens with zero attached hydrogens (tertiary/aromatic N) is 1. The Bertz CT molecular complexity index is 400. The van der Waals surface area contributed by atoms with Gasteiger partial charge in [0.1, 0.15) is 0 Å². The standard InChI is InChI=1S/C14H21N3O/c15-12-8-4-9-16-13(12)14(18)17-10-3-7-11-5-1-2-6-11/h4,8-9,11H,1-3,5-7,10,15H2,(H,17,18). The van der Waals surface area contributed by atoms with Crippen LogP contribution in [-0.4, -0.2) is 17.4 Å². The topological polar surface area (TPSA) is 68.0 Å². The molecule has 1 aliphatic carbocycles. The van der Waals surface area contributed by atoms with E-state index in [4.69, 9.17) is 5.73 Å². The third-order valence-corrected chi connectivity index (χ3v) is 3.60. The number of anilines is 1. The Kier molecular flexibility index (Phi) is 4.56. The Labute approximate surface area is 108 Å². The Balaban J connectivity index is 1.70. The van der Waals surface area contributed by atoms with Crippen molar-refractivity contribution in [3.63, 3.8) is 0 Å². The van der Waals surface area contributed by atoms with Crippen LogP contribution in [0.15, 0.2) is 18.3 Å². The smallest absolute Gasteiger partial charge is 0.272 e. The van der Waals surface area contributed by atoms with E-state index in [1.807, 2.05) is 0 Å². The minimum atomic E-state index is -0.167. The third-order valence-electron chi connectivity index (χ3n) is 3.60. The third kappa shape index (κ3) is 3.45. The largest absolute Gasteiger partial charge is 0.397 e. The molecule has 3 N–H and O–H groups in total. The minimum Gasteiger partial charge on any atom is -0.397 e. The van der Waals surface area contributed by atoms with Gasteiger partial charge in [0.2, 0.25) is 0 Å². The van der Waals surface area contributed by atoms with Crippen LogP contribution in [0.3, 0.4) is 0 Å². The second-order valence-corrected chi connectivity index (χ2v) is 4.99. The SMILES string of the molecule is Nc1cccnc1C(=O)NCCCC1CCCC1. The van der Waals surface area contributed by atoms with Gasteiger partial charge in [0, 0.05) is 12.7 Å². The molecule has 0 atom stereocenters. The van der Waals surface area contributed by atoms with Crippen molar-refractivity contribution in [2.24, 2.45) is 5.92 Å². The van der Waals surface area contributed by atoms with Crippen LogP contribution in [0.2, 0.25) is 0 Å². The minimum absolute atomic E-state index is 0.167. The fourth-order valence-electron chi connectivity index (χ4n) is 2.58. The van der Waals surface area contributed by atoms with Crippen molar-refractivity contribution in [3.8, 4) is 0 Å². The van der Waals surface area contributed by atoms with Gasteiger partial charge in [0.05, 0.1) is 5.69 Å². The van der Waals surface area contributed by atoms with E-state index in [1.165, 1.54) is 32.1 Å². The lowest BCUT2D eigenvalue weighted by atomic mass is 10.0. The maximum Gasteiger partial charge on any atom is 0.272 e. The van der Waals surface area contributed by atoms with E-state index in [0.717, 1.165) is 12.3 Å². The summed E-state index contributed by atoms with van der Waals surface area (Å²) >= 11 is 0. The first kappa shape index (κ1) is 12.9. The van der Waals surface area contributed by atoms with Crippen LogP contribution >= 0.6 is 0 Å². The number of carbonyl (C=O) groups is 1. The average molecular weight is 247 g/mol. The van der Waals surface area contributed by atoms with Crippen molar-refractivity contribution in [2.75, 3.05) is 12.3 Å². The lowest BCUT2D eigenvalue weighted by molar-refractivity contribution is 0.0948. The first-order valence-electron chi connectivity index (χ1n) is 6.76. The summed E-state index contributed by atoms with van der Waals surface area (Å²) < 4.78 is 0. The molecule has 1 amide bonds. The van der Waals surface area contributed by atoms with E-state index in [0.29, 0.717) is 17.9 Å². The lowest BCUT2D eigenvalue weighted by Crippen LogP contribution is -2.26. The van der Waals surface area contributed by atoms with Gasteiger partial charge < -0.3 is 11.1 Å². The quantitative estimate of drug-likeness (QED) is 0.785. The summed E-state index contributed by atoms with van der Waals surface area (Å²) in [4.78, 5) is 15.8. The lowest BCUT2D eigenvalue weighted by Gasteiger charge is -2.09. The van der Waals surface area contributed by atoms with Crippen LogP contribution in [-0.2, 0) is 0 Å². The Morgan fingerprint density at radius 3 is 2.94 bits per heavy atom. The number of nitrogens with one attached hydrogen (secondary N) is 1. The molecule has 1 heterocycles. The molecule has 0 unspecified atom stereocenters. The second kappa shape index (κ2) is 6.38. The molecule has 2 rings (SSSR count). The average Bonchev–Trinajstić information content (AvgIpc) is 2.88. The molecule has 1 fully saturated rings. The van der Waals surface area contributed by atoms with E-state index >= 15 is 0 Å². The highest BCUT2D eigenvalue weighted by Crippen LogP contribution is 2.28. The van der Waals surface area contributed by atoms with Crippen LogP contribution in [0.25, 0.3) is 0 Å². The van der Waals surface area contributed by atoms with E-state index in [-0.39, 0.29) is 5.91 Å². The predicted octanol–water partition coefficient (Wildman–Crippen LogP) is 2.36. The molecule has 1 aliphatic rings. The molecule has 0 aliphatic heterocycles. The van der Waals surface area contributed by atoms with Gasteiger partial charge in [0.15, 0.2) is 5.69 Å². The van der Waals surface area contributed by atoms with E-state index in [1.54, 1.807) is 18.3 Å². The molecule has 0 aromatic carbocycles. The van der Waals surface area contributed by atoms with Gasteiger partial charge >= 0.3 is 0 Å². The summed E-state index contributed by atoms with van der Waals surface area (Å²) in [5, 5.41) is 2.88. The number of hydrogen-bond donors (Lipinski definition) is 2. The highest BCUT2D eigenvalue weighted by atomic mass is 16.1. The molecule has 0 saturated heterocycles. The van der Waals surface area contributed by atoms with Crippen molar-refractivity contribution in [2.45, 2.75) is 38.5 Å². The van der Waals surface area contributed by atoms with Gasteiger partial charge in [-0.2, -0.15) is 0 Å². The normalized spacial score (nSPS) is 15.8. The number of amides is 1. The van der Waals surface area contributed by atoms with Gasteiger partial charge in [-0.05, 0) is 30.9 Å². The van der Waals surface area contributed by atoms with Crippen LogP contribution in [0.5, 0.6) is 0 Å². The maximum atomic E-state index is 11.8. The number of rotatable bonds is 5. The first-order chi connectivity index (χ1) is 8.77. The van der Waals surface area contributed by atoms with Crippen LogP contribution in [0, 0.1) is 5.92 Å². The van der Waals surface area contributed by atoms with Crippen molar-refractivity contribution < 1.29 is 4.79 Å². The number of aromatic nitrogens is 1. The fraction of sp³-hybridized carbons (Fsp3) is 0.571. The molecule has 0 bridgehead atoms. The number of hydrogen-bond acceptors (Lipinski definition) is 3. The van der Waals surface area contributed by atoms with Gasteiger partial charge in [-0.1, -0.05) is 25.7 Å². The molecular formula is C14H21N3O. The Morgan fingerprint density at radius 2 is 2.22 bits per heavy atom. The summed E-state index contributed by atoms with van der Waals surface area (Å²) in [6, 6.07) is 3.42. The molecule has 0 radical (unpaired) electrons. The molecule has 18 heavy (non-hydrogen) atoms. The van der Waals surface area contributed by atoms with Crippen LogP contribution in [0.4, 0.5) is 5.69 Å². The van der Waals surface area contributed by atoms with Crippen molar-refractivity contribution in [1.82, 2.24) is 10.3 Å². The first-order valence-corrected chi connectivity index (χ1v) is 6.76. The van der Waals surface area contributed by atoms with E-state index in [2.05, 4.69) is 10.3 Å². The molecular weight excluding hydrogens is 226 g/mol. The van der Waals surface area contributed by atoms with Gasteiger partial charge in [-0.15, -0.1) is 0 Å². The zero-order valence-electron chi connectivity index (χ0n) is 10.7. The van der Waals surface area contributed by atoms with Gasteiger partial charge in [-0.3, -0.25) is 4.79 Å². The summed E-state index contributed by atoms with van der Waals surface area (Å²) in [5.41, 5.74) is 6.47. The predicted molar refractivity (Wildman–Crippen MR) is 72.2 cm³/mol. The Hall–Kier alpha value is -1.58. The number of nitrogen functional groups attached to an aromatic ring is 1. The molecule has 4 nitrogen and oxygen atoms in total. The van der Waals surface area contributed by atoms with Crippen molar-refractivity contribution in [3.05, 3.63) is 24.0 Å². The molecule has 1 saturated carbocycles. The summed E-state index contributed by atoms with van der Waals surface area (Å²) in [7, 11) is 0. The number of nitrogens with two attached hydrogens (primary N) is 1. The zero-order chi connectivity index (χ0) is 12.8. The second-order valence-electron chi connectivity index (χ2n) is 4.99. The molecule has 1 aromatic heterocycles. The van der Waals surface area contributed by atoms with Crippen molar-refractivity contribution in [1.29, 1.82) is 0 Å². The molecule has 4 heteroatoms. The number of carbonyl (C=O) groups excluding carboxylic acids is 1. The molecule has 1 aromatic rings. The van der Waals surface area contributed by atoms with Crippen molar-refractivity contribution >= 4 is 11.6 Å². The number of pyridine rings is 1. The van der Waals surface area contributed by atoms with Crippen LogP contribution in [0.1, 0.15) is 49.0 Å². The van der Waals surface area contributed by atoms with E-state index in [9.17, 15) is 4.79 Å². The maximum absolute atomic E-state index is 11.8. The van der Waals surface area contributed by atoms with Gasteiger partial charge in [-0.25, -0.2) is 4.98 Å². The van der Waals surface area contributed by atoms with Crippen LogP contribution < -0.4 is 11.1 Å². The summed E-state index contributed by atoms with van der Waals surface area (Å²) in [6.45, 7) is 0.714.